The Labute approximate surface area is 81.6 Å². The summed E-state index contributed by atoms with van der Waals surface area (Å²) < 4.78 is 10.7. The summed E-state index contributed by atoms with van der Waals surface area (Å²) in [6.07, 6.45) is 2.44. The van der Waals surface area contributed by atoms with Crippen molar-refractivity contribution >= 4 is 0 Å². The van der Waals surface area contributed by atoms with Gasteiger partial charge in [0.25, 0.3) is 0 Å². The van der Waals surface area contributed by atoms with Crippen LogP contribution >= 0.6 is 0 Å². The lowest BCUT2D eigenvalue weighted by Crippen LogP contribution is -2.26. The fraction of sp³-hybridized carbons (Fsp3) is 1.00. The van der Waals surface area contributed by atoms with Crippen LogP contribution < -0.4 is 5.73 Å². The van der Waals surface area contributed by atoms with E-state index < -0.39 is 0 Å². The summed E-state index contributed by atoms with van der Waals surface area (Å²) >= 11 is 0. The van der Waals surface area contributed by atoms with Crippen molar-refractivity contribution in [3.05, 3.63) is 0 Å². The van der Waals surface area contributed by atoms with Crippen molar-refractivity contribution in [3.63, 3.8) is 0 Å². The Morgan fingerprint density at radius 3 is 2.46 bits per heavy atom. The molecule has 0 aliphatic carbocycles. The number of hydrogen-bond donors (Lipinski definition) is 1. The molecule has 0 saturated heterocycles. The van der Waals surface area contributed by atoms with Gasteiger partial charge in [0.15, 0.2) is 0 Å². The minimum Gasteiger partial charge on any atom is -0.377 e. The van der Waals surface area contributed by atoms with E-state index in [2.05, 4.69) is 6.92 Å². The van der Waals surface area contributed by atoms with Crippen LogP contribution in [0.5, 0.6) is 0 Å². The minimum absolute atomic E-state index is 0.184. The van der Waals surface area contributed by atoms with Gasteiger partial charge in [-0.1, -0.05) is 13.3 Å². The van der Waals surface area contributed by atoms with Crippen molar-refractivity contribution in [3.8, 4) is 0 Å². The normalized spacial score (nSPS) is 13.6. The number of ether oxygens (including phenoxy) is 2. The van der Waals surface area contributed by atoms with Crippen LogP contribution in [0.3, 0.4) is 0 Å². The minimum atomic E-state index is 0.184. The largest absolute Gasteiger partial charge is 0.377 e. The highest BCUT2D eigenvalue weighted by atomic mass is 16.5. The summed E-state index contributed by atoms with van der Waals surface area (Å²) in [6.45, 7) is 8.12. The first-order chi connectivity index (χ1) is 6.16. The maximum absolute atomic E-state index is 5.76. The number of rotatable bonds is 8. The van der Waals surface area contributed by atoms with Crippen molar-refractivity contribution < 1.29 is 9.47 Å². The number of hydrogen-bond acceptors (Lipinski definition) is 3. The Balaban J connectivity index is 3.06. The lowest BCUT2D eigenvalue weighted by molar-refractivity contribution is 0.0158. The van der Waals surface area contributed by atoms with Crippen molar-refractivity contribution in [2.24, 2.45) is 5.73 Å². The van der Waals surface area contributed by atoms with Crippen LogP contribution in [0.1, 0.15) is 33.6 Å². The van der Waals surface area contributed by atoms with E-state index in [1.165, 1.54) is 0 Å². The van der Waals surface area contributed by atoms with E-state index in [0.717, 1.165) is 12.8 Å². The van der Waals surface area contributed by atoms with E-state index in [0.29, 0.717) is 19.8 Å². The SMILES string of the molecule is CCCC(N)COCCOC(C)C. The molecule has 0 aliphatic heterocycles. The average molecular weight is 189 g/mol. The lowest BCUT2D eigenvalue weighted by Gasteiger charge is -2.11. The van der Waals surface area contributed by atoms with Crippen LogP contribution in [-0.2, 0) is 9.47 Å². The molecule has 1 atom stereocenters. The molecule has 0 bridgehead atoms. The van der Waals surface area contributed by atoms with E-state index in [1.54, 1.807) is 0 Å². The second-order valence-electron chi connectivity index (χ2n) is 3.54. The zero-order valence-electron chi connectivity index (χ0n) is 9.08. The molecule has 0 aromatic carbocycles. The molecule has 0 aliphatic rings. The zero-order chi connectivity index (χ0) is 10.1. The summed E-state index contributed by atoms with van der Waals surface area (Å²) in [4.78, 5) is 0. The summed E-state index contributed by atoms with van der Waals surface area (Å²) in [6, 6.07) is 0.184. The fourth-order valence-corrected chi connectivity index (χ4v) is 1.03. The highest BCUT2D eigenvalue weighted by molar-refractivity contribution is 4.57. The van der Waals surface area contributed by atoms with Gasteiger partial charge in [-0.15, -0.1) is 0 Å². The monoisotopic (exact) mass is 189 g/mol. The van der Waals surface area contributed by atoms with Gasteiger partial charge < -0.3 is 15.2 Å². The lowest BCUT2D eigenvalue weighted by atomic mass is 10.2. The first kappa shape index (κ1) is 12.9. The van der Waals surface area contributed by atoms with Gasteiger partial charge in [0.05, 0.1) is 25.9 Å². The third-order valence-corrected chi connectivity index (χ3v) is 1.67. The molecule has 2 N–H and O–H groups in total. The highest BCUT2D eigenvalue weighted by Gasteiger charge is 2.00. The smallest absolute Gasteiger partial charge is 0.0703 e. The third kappa shape index (κ3) is 9.80. The molecule has 0 heterocycles. The van der Waals surface area contributed by atoms with E-state index >= 15 is 0 Å². The van der Waals surface area contributed by atoms with E-state index in [9.17, 15) is 0 Å². The van der Waals surface area contributed by atoms with Crippen LogP contribution in [0.2, 0.25) is 0 Å². The molecular weight excluding hydrogens is 166 g/mol. The molecular formula is C10H23NO2. The van der Waals surface area contributed by atoms with Gasteiger partial charge in [-0.3, -0.25) is 0 Å². The maximum Gasteiger partial charge on any atom is 0.0703 e. The quantitative estimate of drug-likeness (QED) is 0.589. The van der Waals surface area contributed by atoms with Crippen molar-refractivity contribution in [1.29, 1.82) is 0 Å². The molecule has 0 aromatic heterocycles. The summed E-state index contributed by atoms with van der Waals surface area (Å²) in [5.41, 5.74) is 5.76. The Morgan fingerprint density at radius 2 is 1.92 bits per heavy atom. The van der Waals surface area contributed by atoms with Crippen LogP contribution in [-0.4, -0.2) is 32.0 Å². The van der Waals surface area contributed by atoms with E-state index in [-0.39, 0.29) is 12.1 Å². The molecule has 3 nitrogen and oxygen atoms in total. The predicted molar refractivity (Wildman–Crippen MR) is 54.8 cm³/mol. The molecule has 1 unspecified atom stereocenters. The molecule has 0 fully saturated rings. The molecule has 0 rings (SSSR count). The van der Waals surface area contributed by atoms with Crippen LogP contribution in [0.25, 0.3) is 0 Å². The molecule has 3 heteroatoms. The third-order valence-electron chi connectivity index (χ3n) is 1.67. The first-order valence-corrected chi connectivity index (χ1v) is 5.11. The van der Waals surface area contributed by atoms with Crippen LogP contribution in [0.15, 0.2) is 0 Å². The van der Waals surface area contributed by atoms with Crippen molar-refractivity contribution in [2.75, 3.05) is 19.8 Å². The van der Waals surface area contributed by atoms with Crippen LogP contribution in [0.4, 0.5) is 0 Å². The Morgan fingerprint density at radius 1 is 1.23 bits per heavy atom. The molecule has 0 amide bonds. The fourth-order valence-electron chi connectivity index (χ4n) is 1.03. The van der Waals surface area contributed by atoms with Gasteiger partial charge in [0.1, 0.15) is 0 Å². The van der Waals surface area contributed by atoms with Gasteiger partial charge >= 0.3 is 0 Å². The number of nitrogens with two attached hydrogens (primary N) is 1. The van der Waals surface area contributed by atoms with Crippen molar-refractivity contribution in [2.45, 2.75) is 45.8 Å². The Hall–Kier alpha value is -0.120. The van der Waals surface area contributed by atoms with Gasteiger partial charge in [-0.25, -0.2) is 0 Å². The molecule has 80 valence electrons. The standard InChI is InChI=1S/C10H23NO2/c1-4-5-10(11)8-12-6-7-13-9(2)3/h9-10H,4-8,11H2,1-3H3. The molecule has 0 spiro atoms. The first-order valence-electron chi connectivity index (χ1n) is 5.11. The van der Waals surface area contributed by atoms with Crippen molar-refractivity contribution in [1.82, 2.24) is 0 Å². The average Bonchev–Trinajstić information content (AvgIpc) is 2.03. The maximum atomic E-state index is 5.76. The molecule has 0 aromatic rings. The zero-order valence-corrected chi connectivity index (χ0v) is 9.08. The summed E-state index contributed by atoms with van der Waals surface area (Å²) in [7, 11) is 0. The van der Waals surface area contributed by atoms with Gasteiger partial charge in [-0.05, 0) is 20.3 Å². The summed E-state index contributed by atoms with van der Waals surface area (Å²) in [5.74, 6) is 0. The summed E-state index contributed by atoms with van der Waals surface area (Å²) in [5, 5.41) is 0. The highest BCUT2D eigenvalue weighted by Crippen LogP contribution is 1.94. The molecule has 0 radical (unpaired) electrons. The Kier molecular flexibility index (Phi) is 8.40. The van der Waals surface area contributed by atoms with E-state index in [4.69, 9.17) is 15.2 Å². The molecule has 0 saturated carbocycles. The second-order valence-corrected chi connectivity index (χ2v) is 3.54. The predicted octanol–water partition coefficient (Wildman–Crippen LogP) is 1.56. The van der Waals surface area contributed by atoms with E-state index in [1.807, 2.05) is 13.8 Å². The Bertz CT molecular complexity index is 107. The van der Waals surface area contributed by atoms with Gasteiger partial charge in [0.2, 0.25) is 0 Å². The van der Waals surface area contributed by atoms with Gasteiger partial charge in [-0.2, -0.15) is 0 Å². The second kappa shape index (κ2) is 8.48. The van der Waals surface area contributed by atoms with Crippen LogP contribution in [0, 0.1) is 0 Å². The molecule has 13 heavy (non-hydrogen) atoms. The van der Waals surface area contributed by atoms with Gasteiger partial charge in [0, 0.05) is 6.04 Å². The topological polar surface area (TPSA) is 44.5 Å².